The van der Waals surface area contributed by atoms with Crippen LogP contribution in [0, 0.1) is 11.3 Å². The van der Waals surface area contributed by atoms with Crippen molar-refractivity contribution in [2.24, 2.45) is 0 Å². The molecule has 0 saturated heterocycles. The second-order valence-corrected chi connectivity index (χ2v) is 4.19. The molecule has 0 atom stereocenters. The number of methoxy groups -OCH3 is 1. The van der Waals surface area contributed by atoms with Gasteiger partial charge in [0.15, 0.2) is 0 Å². The summed E-state index contributed by atoms with van der Waals surface area (Å²) in [5.74, 6) is 1.27. The lowest BCUT2D eigenvalue weighted by Gasteiger charge is -2.25. The highest BCUT2D eigenvalue weighted by atomic mass is 16.5. The summed E-state index contributed by atoms with van der Waals surface area (Å²) in [6, 6.07) is 7.32. The molecule has 0 aliphatic rings. The van der Waals surface area contributed by atoms with Crippen molar-refractivity contribution in [1.82, 2.24) is 0 Å². The molecule has 0 radical (unpaired) electrons. The summed E-state index contributed by atoms with van der Waals surface area (Å²) in [6.45, 7) is 6.04. The molecule has 1 aromatic rings. The first-order valence-corrected chi connectivity index (χ1v) is 5.29. The molecule has 0 aromatic heterocycles. The van der Waals surface area contributed by atoms with Crippen LogP contribution in [0.15, 0.2) is 18.2 Å². The lowest BCUT2D eigenvalue weighted by molar-refractivity contribution is 0.104. The SMILES string of the molecule is CCC(C)(C)Oc1cc(OC)ccc1C#N. The third-order valence-corrected chi connectivity index (χ3v) is 2.55. The average Bonchev–Trinajstić information content (AvgIpc) is 2.28. The fraction of sp³-hybridized carbons (Fsp3) is 0.462. The van der Waals surface area contributed by atoms with Crippen LogP contribution >= 0.6 is 0 Å². The average molecular weight is 219 g/mol. The Morgan fingerprint density at radius 3 is 2.56 bits per heavy atom. The fourth-order valence-corrected chi connectivity index (χ4v) is 1.18. The first kappa shape index (κ1) is 12.4. The molecule has 0 heterocycles. The molecule has 1 rings (SSSR count). The third kappa shape index (κ3) is 2.90. The van der Waals surface area contributed by atoms with Crippen molar-refractivity contribution in [3.63, 3.8) is 0 Å². The molecule has 0 bridgehead atoms. The molecule has 0 aliphatic heterocycles. The van der Waals surface area contributed by atoms with Gasteiger partial charge in [-0.2, -0.15) is 5.26 Å². The van der Waals surface area contributed by atoms with Gasteiger partial charge in [-0.25, -0.2) is 0 Å². The third-order valence-electron chi connectivity index (χ3n) is 2.55. The zero-order valence-corrected chi connectivity index (χ0v) is 10.2. The van der Waals surface area contributed by atoms with E-state index in [0.717, 1.165) is 6.42 Å². The Balaban J connectivity index is 3.06. The van der Waals surface area contributed by atoms with Gasteiger partial charge in [-0.05, 0) is 32.4 Å². The summed E-state index contributed by atoms with van der Waals surface area (Å²) in [4.78, 5) is 0. The van der Waals surface area contributed by atoms with Crippen LogP contribution in [0.25, 0.3) is 0 Å². The molecule has 3 nitrogen and oxygen atoms in total. The molecule has 1 aromatic carbocycles. The van der Waals surface area contributed by atoms with Crippen molar-refractivity contribution in [2.45, 2.75) is 32.8 Å². The topological polar surface area (TPSA) is 42.2 Å². The van der Waals surface area contributed by atoms with Crippen LogP contribution in [0.4, 0.5) is 0 Å². The van der Waals surface area contributed by atoms with Gasteiger partial charge in [-0.15, -0.1) is 0 Å². The summed E-state index contributed by atoms with van der Waals surface area (Å²) < 4.78 is 10.9. The summed E-state index contributed by atoms with van der Waals surface area (Å²) >= 11 is 0. The van der Waals surface area contributed by atoms with E-state index >= 15 is 0 Å². The summed E-state index contributed by atoms with van der Waals surface area (Å²) in [5.41, 5.74) is 0.250. The molecule has 0 fully saturated rings. The first-order chi connectivity index (χ1) is 7.52. The second kappa shape index (κ2) is 4.89. The van der Waals surface area contributed by atoms with Gasteiger partial charge in [0.05, 0.1) is 12.7 Å². The van der Waals surface area contributed by atoms with Gasteiger partial charge in [0.1, 0.15) is 23.2 Å². The number of hydrogen-bond acceptors (Lipinski definition) is 3. The summed E-state index contributed by atoms with van der Waals surface area (Å²) in [6.07, 6.45) is 0.870. The quantitative estimate of drug-likeness (QED) is 0.781. The molecule has 86 valence electrons. The van der Waals surface area contributed by atoms with E-state index in [2.05, 4.69) is 6.07 Å². The number of benzene rings is 1. The molecule has 0 N–H and O–H groups in total. The van der Waals surface area contributed by atoms with Crippen molar-refractivity contribution < 1.29 is 9.47 Å². The zero-order chi connectivity index (χ0) is 12.2. The van der Waals surface area contributed by atoms with E-state index in [1.165, 1.54) is 0 Å². The number of nitriles is 1. The number of ether oxygens (including phenoxy) is 2. The predicted molar refractivity (Wildman–Crippen MR) is 62.7 cm³/mol. The first-order valence-electron chi connectivity index (χ1n) is 5.29. The monoisotopic (exact) mass is 219 g/mol. The van der Waals surface area contributed by atoms with Crippen LogP contribution in [-0.2, 0) is 0 Å². The van der Waals surface area contributed by atoms with Gasteiger partial charge < -0.3 is 9.47 Å². The summed E-state index contributed by atoms with van der Waals surface area (Å²) in [5, 5.41) is 8.98. The lowest BCUT2D eigenvalue weighted by Crippen LogP contribution is -2.27. The van der Waals surface area contributed by atoms with Crippen LogP contribution in [0.1, 0.15) is 32.8 Å². The van der Waals surface area contributed by atoms with Crippen LogP contribution in [-0.4, -0.2) is 12.7 Å². The van der Waals surface area contributed by atoms with E-state index in [0.29, 0.717) is 17.1 Å². The van der Waals surface area contributed by atoms with Crippen LogP contribution in [0.5, 0.6) is 11.5 Å². The Bertz CT molecular complexity index is 405. The second-order valence-electron chi connectivity index (χ2n) is 4.19. The minimum atomic E-state index is -0.280. The molecule has 0 amide bonds. The van der Waals surface area contributed by atoms with Crippen molar-refractivity contribution in [3.05, 3.63) is 23.8 Å². The van der Waals surface area contributed by atoms with Gasteiger partial charge in [-0.3, -0.25) is 0 Å². The highest BCUT2D eigenvalue weighted by Crippen LogP contribution is 2.28. The van der Waals surface area contributed by atoms with E-state index in [9.17, 15) is 0 Å². The van der Waals surface area contributed by atoms with Gasteiger partial charge >= 0.3 is 0 Å². The molecule has 3 heteroatoms. The van der Waals surface area contributed by atoms with E-state index < -0.39 is 0 Å². The highest BCUT2D eigenvalue weighted by molar-refractivity contribution is 5.47. The Morgan fingerprint density at radius 2 is 2.06 bits per heavy atom. The predicted octanol–water partition coefficient (Wildman–Crippen LogP) is 3.13. The maximum atomic E-state index is 8.98. The number of rotatable bonds is 4. The largest absolute Gasteiger partial charge is 0.497 e. The Labute approximate surface area is 96.6 Å². The smallest absolute Gasteiger partial charge is 0.141 e. The molecule has 0 saturated carbocycles. The molecular formula is C13H17NO2. The van der Waals surface area contributed by atoms with Crippen molar-refractivity contribution in [1.29, 1.82) is 5.26 Å². The minimum absolute atomic E-state index is 0.280. The standard InChI is InChI=1S/C13H17NO2/c1-5-13(2,3)16-12-8-11(15-4)7-6-10(12)9-14/h6-8H,5H2,1-4H3. The molecule has 16 heavy (non-hydrogen) atoms. The van der Waals surface area contributed by atoms with E-state index in [1.54, 1.807) is 25.3 Å². The molecular weight excluding hydrogens is 202 g/mol. The summed E-state index contributed by atoms with van der Waals surface area (Å²) in [7, 11) is 1.59. The van der Waals surface area contributed by atoms with Gasteiger partial charge in [0.25, 0.3) is 0 Å². The number of nitrogens with zero attached hydrogens (tertiary/aromatic N) is 1. The molecule has 0 aliphatic carbocycles. The highest BCUT2D eigenvalue weighted by Gasteiger charge is 2.19. The Morgan fingerprint density at radius 1 is 1.38 bits per heavy atom. The van der Waals surface area contributed by atoms with Crippen LogP contribution in [0.3, 0.4) is 0 Å². The zero-order valence-electron chi connectivity index (χ0n) is 10.2. The van der Waals surface area contributed by atoms with Crippen LogP contribution in [0.2, 0.25) is 0 Å². The van der Waals surface area contributed by atoms with Crippen molar-refractivity contribution >= 4 is 0 Å². The minimum Gasteiger partial charge on any atom is -0.497 e. The van der Waals surface area contributed by atoms with Crippen molar-refractivity contribution in [2.75, 3.05) is 7.11 Å². The maximum Gasteiger partial charge on any atom is 0.141 e. The van der Waals surface area contributed by atoms with Gasteiger partial charge in [0.2, 0.25) is 0 Å². The lowest BCUT2D eigenvalue weighted by atomic mass is 10.1. The Hall–Kier alpha value is -1.69. The van der Waals surface area contributed by atoms with Gasteiger partial charge in [0, 0.05) is 6.07 Å². The van der Waals surface area contributed by atoms with Crippen molar-refractivity contribution in [3.8, 4) is 17.6 Å². The number of hydrogen-bond donors (Lipinski definition) is 0. The Kier molecular flexibility index (Phi) is 3.78. The van der Waals surface area contributed by atoms with Gasteiger partial charge in [-0.1, -0.05) is 6.92 Å². The molecule has 0 unspecified atom stereocenters. The molecule has 0 spiro atoms. The van der Waals surface area contributed by atoms with E-state index in [-0.39, 0.29) is 5.60 Å². The van der Waals surface area contributed by atoms with E-state index in [4.69, 9.17) is 14.7 Å². The van der Waals surface area contributed by atoms with E-state index in [1.807, 2.05) is 20.8 Å². The van der Waals surface area contributed by atoms with Crippen LogP contribution < -0.4 is 9.47 Å². The maximum absolute atomic E-state index is 8.98. The fourth-order valence-electron chi connectivity index (χ4n) is 1.18. The normalized spacial score (nSPS) is 10.7.